The second-order valence-corrected chi connectivity index (χ2v) is 22.2. The van der Waals surface area contributed by atoms with E-state index in [0.29, 0.717) is 58.1 Å². The molecule has 3 aliphatic carbocycles. The molecule has 6 aromatic heterocycles. The molecule has 13 nitrogen and oxygen atoms in total. The zero-order chi connectivity index (χ0) is 56.4. The van der Waals surface area contributed by atoms with Crippen LogP contribution in [-0.2, 0) is 19.3 Å². The maximum absolute atomic E-state index is 9.29. The third kappa shape index (κ3) is 12.3. The summed E-state index contributed by atoms with van der Waals surface area (Å²) in [6.45, 7) is 13.6. The van der Waals surface area contributed by atoms with Crippen LogP contribution in [0.4, 0.5) is 0 Å². The number of hydrogen-bond donors (Lipinski definition) is 0. The molecular formula is C67H61N11O2S. The van der Waals surface area contributed by atoms with Crippen LogP contribution < -0.4 is 0 Å². The van der Waals surface area contributed by atoms with Gasteiger partial charge in [0.1, 0.15) is 11.4 Å². The van der Waals surface area contributed by atoms with Gasteiger partial charge in [-0.15, -0.1) is 10.2 Å². The minimum Gasteiger partial charge on any atom is -0.342 e. The second kappa shape index (κ2) is 25.2. The van der Waals surface area contributed by atoms with Crippen LogP contribution >= 0.6 is 11.5 Å². The van der Waals surface area contributed by atoms with Crippen molar-refractivity contribution in [2.75, 3.05) is 0 Å². The van der Waals surface area contributed by atoms with E-state index in [0.717, 1.165) is 92.6 Å². The van der Waals surface area contributed by atoms with E-state index in [1.165, 1.54) is 11.3 Å². The van der Waals surface area contributed by atoms with Crippen LogP contribution in [0, 0.1) is 69.5 Å². The molecule has 0 spiro atoms. The number of nitrogens with zero attached hydrogens (tertiary/aromatic N) is 11. The van der Waals surface area contributed by atoms with Gasteiger partial charge in [0.2, 0.25) is 0 Å². The molecule has 0 N–H and O–H groups in total. The van der Waals surface area contributed by atoms with Crippen molar-refractivity contribution < 1.29 is 9.05 Å². The summed E-state index contributed by atoms with van der Waals surface area (Å²) in [7, 11) is 0. The van der Waals surface area contributed by atoms with Crippen LogP contribution in [-0.4, -0.2) is 40.1 Å². The molecule has 0 saturated carbocycles. The van der Waals surface area contributed by atoms with E-state index in [2.05, 4.69) is 129 Å². The smallest absolute Gasteiger partial charge is 0.167 e. The minimum atomic E-state index is 0.152. The largest absolute Gasteiger partial charge is 0.342 e. The van der Waals surface area contributed by atoms with E-state index in [1.54, 1.807) is 11.5 Å². The molecule has 12 rings (SSSR count). The Labute approximate surface area is 477 Å². The summed E-state index contributed by atoms with van der Waals surface area (Å²) in [5, 5.41) is 45.8. The van der Waals surface area contributed by atoms with Crippen molar-refractivity contribution in [1.82, 2.24) is 40.1 Å². The van der Waals surface area contributed by atoms with Gasteiger partial charge in [-0.3, -0.25) is 15.0 Å². The fourth-order valence-corrected chi connectivity index (χ4v) is 11.9. The number of allylic oxidation sites excluding steroid dienone is 3. The zero-order valence-electron chi connectivity index (χ0n) is 46.1. The Kier molecular flexibility index (Phi) is 17.1. The highest BCUT2D eigenvalue weighted by molar-refractivity contribution is 7.03. The predicted octanol–water partition coefficient (Wildman–Crippen LogP) is 15.0. The van der Waals surface area contributed by atoms with Crippen molar-refractivity contribution in [2.24, 2.45) is 35.5 Å². The molecule has 0 amide bonds. The van der Waals surface area contributed by atoms with Crippen LogP contribution in [0.2, 0.25) is 0 Å². The summed E-state index contributed by atoms with van der Waals surface area (Å²) in [5.74, 6) is 5.66. The molecule has 3 aromatic carbocycles. The first kappa shape index (κ1) is 55.0. The van der Waals surface area contributed by atoms with Crippen LogP contribution in [0.25, 0.3) is 51.6 Å². The van der Waals surface area contributed by atoms with Crippen molar-refractivity contribution in [3.63, 3.8) is 0 Å². The molecule has 0 aliphatic heterocycles. The topological polar surface area (TPSA) is 201 Å². The Hall–Kier alpha value is -9.29. The summed E-state index contributed by atoms with van der Waals surface area (Å²) >= 11 is 1.56. The Bertz CT molecular complexity index is 3440. The maximum atomic E-state index is 9.29. The third-order valence-electron chi connectivity index (χ3n) is 16.6. The minimum absolute atomic E-state index is 0.152. The fourth-order valence-electron chi connectivity index (χ4n) is 11.1. The van der Waals surface area contributed by atoms with Crippen LogP contribution in [0.3, 0.4) is 0 Å². The van der Waals surface area contributed by atoms with E-state index < -0.39 is 0 Å². The number of aromatic nitrogens is 8. The van der Waals surface area contributed by atoms with Crippen molar-refractivity contribution >= 4 is 29.8 Å². The summed E-state index contributed by atoms with van der Waals surface area (Å²) in [6.07, 6.45) is 21.1. The average Bonchev–Trinajstić information content (AvgIpc) is 4.42. The predicted molar refractivity (Wildman–Crippen MR) is 315 cm³/mol. The molecule has 3 aliphatic rings. The quantitative estimate of drug-likeness (QED) is 0.132. The number of benzene rings is 3. The summed E-state index contributed by atoms with van der Waals surface area (Å²) in [5.41, 5.74) is 14.7. The Morgan fingerprint density at radius 1 is 0.481 bits per heavy atom. The molecule has 0 radical (unpaired) electrons. The summed E-state index contributed by atoms with van der Waals surface area (Å²) < 4.78 is 15.3. The van der Waals surface area contributed by atoms with Gasteiger partial charge in [-0.1, -0.05) is 133 Å². The number of hydrogen-bond acceptors (Lipinski definition) is 14. The lowest BCUT2D eigenvalue weighted by Gasteiger charge is -2.31. The molecule has 14 heteroatoms. The summed E-state index contributed by atoms with van der Waals surface area (Å²) in [6, 6.07) is 41.4. The van der Waals surface area contributed by atoms with E-state index in [4.69, 9.17) is 9.05 Å². The Morgan fingerprint density at radius 2 is 0.914 bits per heavy atom. The highest BCUT2D eigenvalue weighted by Gasteiger charge is 2.36. The number of pyridine rings is 3. The lowest BCUT2D eigenvalue weighted by Crippen LogP contribution is -2.24. The molecule has 9 atom stereocenters. The molecule has 0 bridgehead atoms. The van der Waals surface area contributed by atoms with Crippen molar-refractivity contribution in [2.45, 2.75) is 78.6 Å². The summed E-state index contributed by atoms with van der Waals surface area (Å²) in [4.78, 5) is 13.7. The zero-order valence-corrected chi connectivity index (χ0v) is 46.9. The lowest BCUT2D eigenvalue weighted by molar-refractivity contribution is 0.272. The van der Waals surface area contributed by atoms with Crippen molar-refractivity contribution in [3.05, 3.63) is 219 Å². The molecular weight excluding hydrogens is 1020 g/mol. The fraction of sp³-hybridized carbons (Fsp3) is 0.269. The van der Waals surface area contributed by atoms with Gasteiger partial charge in [-0.25, -0.2) is 0 Å². The van der Waals surface area contributed by atoms with Gasteiger partial charge in [-0.05, 0) is 120 Å². The van der Waals surface area contributed by atoms with Gasteiger partial charge in [0.15, 0.2) is 11.5 Å². The number of nitriles is 3. The highest BCUT2D eigenvalue weighted by atomic mass is 32.1. The maximum Gasteiger partial charge on any atom is 0.167 e. The van der Waals surface area contributed by atoms with E-state index in [-0.39, 0.29) is 11.8 Å². The molecule has 0 fully saturated rings. The van der Waals surface area contributed by atoms with E-state index in [9.17, 15) is 15.8 Å². The molecule has 0 unspecified atom stereocenters. The van der Waals surface area contributed by atoms with Crippen molar-refractivity contribution in [1.29, 1.82) is 15.8 Å². The SMILES string of the molecule is C[C@H]1[C@H](/C=C/c2ccc(-c3ccccc3C#N)cn2)c2csnc2C[C@@H]1C.C[C@H]1[C@H](/C=C/c2ccc(-c3ccccc3C#N)cn2)c2nnoc2C[C@@H]1C.C[C@H]1[C@H](/C=C/c2ccc(-c3ccccc3C#N)cn2)c2onnc2C[C@@H]1C. The molecule has 81 heavy (non-hydrogen) atoms. The highest BCUT2D eigenvalue weighted by Crippen LogP contribution is 2.43. The third-order valence-corrected chi connectivity index (χ3v) is 17.3. The van der Waals surface area contributed by atoms with Crippen LogP contribution in [0.15, 0.2) is 160 Å². The first-order valence-electron chi connectivity index (χ1n) is 27.5. The van der Waals surface area contributed by atoms with Gasteiger partial charge in [0.05, 0.1) is 57.7 Å². The van der Waals surface area contributed by atoms with Gasteiger partial charge in [-0.2, -0.15) is 20.2 Å². The molecule has 402 valence electrons. The second-order valence-electron chi connectivity index (χ2n) is 21.5. The monoisotopic (exact) mass is 1080 g/mol. The van der Waals surface area contributed by atoms with Gasteiger partial charge >= 0.3 is 0 Å². The Balaban J connectivity index is 0.000000136. The van der Waals surface area contributed by atoms with E-state index >= 15 is 0 Å². The van der Waals surface area contributed by atoms with Crippen molar-refractivity contribution in [3.8, 4) is 51.6 Å². The van der Waals surface area contributed by atoms with Gasteiger partial charge in [0, 0.05) is 92.1 Å². The van der Waals surface area contributed by atoms with Crippen LogP contribution in [0.1, 0.15) is 127 Å². The lowest BCUT2D eigenvalue weighted by atomic mass is 9.73. The number of fused-ring (bicyclic) bond motifs is 3. The standard InChI is InChI=1S/C23H21N3S.2C22H20N4O/c1-15-11-23-22(14-27-26-23)20(16(15)2)10-9-19-8-7-18(13-25-19)21-6-4-3-5-17(21)12-24;1-14-11-21-22(25-26-27-21)19(15(14)2)10-9-18-8-7-17(13-24-18)20-6-4-3-5-16(20)12-23;1-14-11-21-22(27-26-25-21)19(15(14)2)10-9-18-8-7-17(13-24-18)20-6-4-3-5-16(20)12-23/h3-10,13-16,20H,11H2,1-2H3;2*3-10,13-15,19H,11H2,1-2H3/b3*10-9+/t15-,16+,20-;2*14-,15+,19-/m000/s1. The van der Waals surface area contributed by atoms with Gasteiger partial charge < -0.3 is 9.05 Å². The molecule has 6 heterocycles. The first-order chi connectivity index (χ1) is 39.5. The number of rotatable bonds is 9. The molecule has 0 saturated heterocycles. The average molecular weight is 1080 g/mol. The molecule has 9 aromatic rings. The normalized spacial score (nSPS) is 21.7. The van der Waals surface area contributed by atoms with Crippen LogP contribution in [0.5, 0.6) is 0 Å². The van der Waals surface area contributed by atoms with Gasteiger partial charge in [0.25, 0.3) is 0 Å². The Morgan fingerprint density at radius 3 is 1.41 bits per heavy atom. The first-order valence-corrected chi connectivity index (χ1v) is 28.3. The van der Waals surface area contributed by atoms with E-state index in [1.807, 2.05) is 140 Å².